The van der Waals surface area contributed by atoms with Crippen LogP contribution in [0.2, 0.25) is 0 Å². The van der Waals surface area contributed by atoms with Gasteiger partial charge in [0, 0.05) is 11.8 Å². The highest BCUT2D eigenvalue weighted by atomic mass is 16.5. The lowest BCUT2D eigenvalue weighted by molar-refractivity contribution is 0.0587. The van der Waals surface area contributed by atoms with Gasteiger partial charge in [-0.15, -0.1) is 10.2 Å². The molecule has 9 nitrogen and oxygen atoms in total. The van der Waals surface area contributed by atoms with Crippen molar-refractivity contribution in [2.75, 3.05) is 19.5 Å². The highest BCUT2D eigenvalue weighted by Crippen LogP contribution is 2.21. The smallest absolute Gasteiger partial charge is 0.339 e. The zero-order valence-electron chi connectivity index (χ0n) is 14.8. The Morgan fingerprint density at radius 1 is 0.963 bits per heavy atom. The van der Waals surface area contributed by atoms with E-state index in [2.05, 4.69) is 20.3 Å². The van der Waals surface area contributed by atoms with Crippen LogP contribution in [0.1, 0.15) is 36.9 Å². The van der Waals surface area contributed by atoms with Crippen LogP contribution in [0.5, 0.6) is 0 Å². The predicted octanol–water partition coefficient (Wildman–Crippen LogP) is 1.86. The maximum absolute atomic E-state index is 12.6. The minimum absolute atomic E-state index is 0.109. The number of rotatable bonds is 4. The van der Waals surface area contributed by atoms with E-state index in [1.165, 1.54) is 32.4 Å². The molecule has 3 rings (SSSR count). The van der Waals surface area contributed by atoms with Gasteiger partial charge in [-0.2, -0.15) is 0 Å². The minimum Gasteiger partial charge on any atom is -0.465 e. The van der Waals surface area contributed by atoms with Crippen molar-refractivity contribution in [1.82, 2.24) is 14.6 Å². The third kappa shape index (κ3) is 3.47. The van der Waals surface area contributed by atoms with Gasteiger partial charge in [-0.1, -0.05) is 0 Å². The van der Waals surface area contributed by atoms with Crippen LogP contribution in [-0.4, -0.2) is 46.7 Å². The molecule has 0 aliphatic carbocycles. The average molecular weight is 368 g/mol. The van der Waals surface area contributed by atoms with Gasteiger partial charge in [0.05, 0.1) is 31.0 Å². The van der Waals surface area contributed by atoms with Crippen LogP contribution in [0, 0.1) is 6.92 Å². The molecule has 0 saturated heterocycles. The number of benzene rings is 1. The predicted molar refractivity (Wildman–Crippen MR) is 94.8 cm³/mol. The number of carbonyl (C=O) groups is 3. The van der Waals surface area contributed by atoms with E-state index in [1.807, 2.05) is 0 Å². The number of esters is 2. The fraction of sp³-hybridized carbons (Fsp3) is 0.167. The summed E-state index contributed by atoms with van der Waals surface area (Å²) in [7, 11) is 2.47. The molecule has 9 heteroatoms. The quantitative estimate of drug-likeness (QED) is 0.700. The third-order valence-corrected chi connectivity index (χ3v) is 3.94. The number of aromatic nitrogens is 3. The second-order valence-electron chi connectivity index (χ2n) is 5.59. The molecule has 1 N–H and O–H groups in total. The summed E-state index contributed by atoms with van der Waals surface area (Å²) >= 11 is 0. The summed E-state index contributed by atoms with van der Waals surface area (Å²) < 4.78 is 11.1. The Bertz CT molecular complexity index is 1060. The Balaban J connectivity index is 1.96. The van der Waals surface area contributed by atoms with Crippen LogP contribution in [-0.2, 0) is 9.47 Å². The van der Waals surface area contributed by atoms with Crippen LogP contribution in [0.4, 0.5) is 5.69 Å². The first kappa shape index (κ1) is 18.1. The SMILES string of the molecule is COC(=O)c1ccc(C(=O)OC)c(NC(=O)c2ccn3c(C)nnc3c2)c1. The molecule has 27 heavy (non-hydrogen) atoms. The van der Waals surface area contributed by atoms with E-state index >= 15 is 0 Å². The summed E-state index contributed by atoms with van der Waals surface area (Å²) in [5.74, 6) is -1.03. The van der Waals surface area contributed by atoms with Crippen molar-refractivity contribution in [2.45, 2.75) is 6.92 Å². The van der Waals surface area contributed by atoms with E-state index in [0.29, 0.717) is 17.0 Å². The van der Waals surface area contributed by atoms with Crippen molar-refractivity contribution in [3.05, 3.63) is 59.0 Å². The Morgan fingerprint density at radius 3 is 2.41 bits per heavy atom. The fourth-order valence-corrected chi connectivity index (χ4v) is 2.53. The Hall–Kier alpha value is -3.75. The van der Waals surface area contributed by atoms with Crippen LogP contribution >= 0.6 is 0 Å². The topological polar surface area (TPSA) is 112 Å². The van der Waals surface area contributed by atoms with Crippen LogP contribution in [0.3, 0.4) is 0 Å². The number of carbonyl (C=O) groups excluding carboxylic acids is 3. The standard InChI is InChI=1S/C18H16N4O5/c1-10-20-21-15-9-11(6-7-22(10)15)16(23)19-14-8-12(17(24)26-2)4-5-13(14)18(25)27-3/h4-9H,1-3H3,(H,19,23). The molecule has 0 fully saturated rings. The summed E-state index contributed by atoms with van der Waals surface area (Å²) in [6.45, 7) is 1.79. The molecule has 0 radical (unpaired) electrons. The second-order valence-corrected chi connectivity index (χ2v) is 5.59. The van der Waals surface area contributed by atoms with E-state index in [-0.39, 0.29) is 16.8 Å². The number of nitrogens with one attached hydrogen (secondary N) is 1. The molecular formula is C18H16N4O5. The number of methoxy groups -OCH3 is 2. The molecule has 0 aliphatic heterocycles. The second kappa shape index (κ2) is 7.24. The normalized spacial score (nSPS) is 10.5. The van der Waals surface area contributed by atoms with Crippen molar-refractivity contribution < 1.29 is 23.9 Å². The number of anilines is 1. The number of amides is 1. The molecular weight excluding hydrogens is 352 g/mol. The lowest BCUT2D eigenvalue weighted by atomic mass is 10.1. The molecule has 2 aromatic heterocycles. The van der Waals surface area contributed by atoms with E-state index in [4.69, 9.17) is 4.74 Å². The molecule has 138 valence electrons. The number of nitrogens with zero attached hydrogens (tertiary/aromatic N) is 3. The Morgan fingerprint density at radius 2 is 1.70 bits per heavy atom. The number of hydrogen-bond donors (Lipinski definition) is 1. The summed E-state index contributed by atoms with van der Waals surface area (Å²) in [4.78, 5) is 36.4. The molecule has 0 bridgehead atoms. The summed E-state index contributed by atoms with van der Waals surface area (Å²) in [6, 6.07) is 7.32. The minimum atomic E-state index is -0.648. The zero-order valence-corrected chi connectivity index (χ0v) is 14.8. The molecule has 1 amide bonds. The molecule has 0 saturated carbocycles. The maximum Gasteiger partial charge on any atom is 0.339 e. The van der Waals surface area contributed by atoms with Gasteiger partial charge < -0.3 is 14.8 Å². The first-order chi connectivity index (χ1) is 12.9. The van der Waals surface area contributed by atoms with Crippen molar-refractivity contribution in [3.8, 4) is 0 Å². The summed E-state index contributed by atoms with van der Waals surface area (Å²) in [6.07, 6.45) is 1.67. The largest absolute Gasteiger partial charge is 0.465 e. The Kier molecular flexibility index (Phi) is 4.84. The van der Waals surface area contributed by atoms with Crippen LogP contribution in [0.15, 0.2) is 36.5 Å². The Labute approximate surface area is 153 Å². The van der Waals surface area contributed by atoms with Crippen LogP contribution < -0.4 is 5.32 Å². The number of ether oxygens (including phenoxy) is 2. The zero-order chi connectivity index (χ0) is 19.6. The molecule has 1 aromatic carbocycles. The highest BCUT2D eigenvalue weighted by Gasteiger charge is 2.18. The van der Waals surface area contributed by atoms with Gasteiger partial charge in [-0.3, -0.25) is 9.20 Å². The number of fused-ring (bicyclic) bond motifs is 1. The average Bonchev–Trinajstić information content (AvgIpc) is 3.06. The van der Waals surface area contributed by atoms with Gasteiger partial charge in [-0.25, -0.2) is 9.59 Å². The fourth-order valence-electron chi connectivity index (χ4n) is 2.53. The van der Waals surface area contributed by atoms with Gasteiger partial charge in [0.1, 0.15) is 5.82 Å². The molecule has 0 atom stereocenters. The molecule has 0 spiro atoms. The lowest BCUT2D eigenvalue weighted by Gasteiger charge is -2.11. The van der Waals surface area contributed by atoms with Crippen molar-refractivity contribution >= 4 is 29.2 Å². The lowest BCUT2D eigenvalue weighted by Crippen LogP contribution is -2.16. The first-order valence-corrected chi connectivity index (χ1v) is 7.88. The number of pyridine rings is 1. The van der Waals surface area contributed by atoms with Gasteiger partial charge >= 0.3 is 11.9 Å². The monoisotopic (exact) mass is 368 g/mol. The van der Waals surface area contributed by atoms with Gasteiger partial charge in [0.2, 0.25) is 0 Å². The number of hydrogen-bond acceptors (Lipinski definition) is 7. The summed E-state index contributed by atoms with van der Waals surface area (Å²) in [5.41, 5.74) is 1.25. The van der Waals surface area contributed by atoms with Crippen molar-refractivity contribution in [2.24, 2.45) is 0 Å². The first-order valence-electron chi connectivity index (χ1n) is 7.88. The van der Waals surface area contributed by atoms with E-state index in [1.54, 1.807) is 29.7 Å². The van der Waals surface area contributed by atoms with E-state index in [0.717, 1.165) is 0 Å². The molecule has 0 aliphatic rings. The molecule has 3 aromatic rings. The maximum atomic E-state index is 12.6. The van der Waals surface area contributed by atoms with Crippen molar-refractivity contribution in [1.29, 1.82) is 0 Å². The van der Waals surface area contributed by atoms with Gasteiger partial charge in [0.15, 0.2) is 5.65 Å². The van der Waals surface area contributed by atoms with E-state index < -0.39 is 17.8 Å². The highest BCUT2D eigenvalue weighted by molar-refractivity contribution is 6.09. The number of aryl methyl sites for hydroxylation is 1. The summed E-state index contributed by atoms with van der Waals surface area (Å²) in [5, 5.41) is 10.5. The third-order valence-electron chi connectivity index (χ3n) is 3.94. The van der Waals surface area contributed by atoms with Gasteiger partial charge in [-0.05, 0) is 37.3 Å². The van der Waals surface area contributed by atoms with Crippen LogP contribution in [0.25, 0.3) is 5.65 Å². The molecule has 0 unspecified atom stereocenters. The van der Waals surface area contributed by atoms with E-state index in [9.17, 15) is 14.4 Å². The van der Waals surface area contributed by atoms with Crippen molar-refractivity contribution in [3.63, 3.8) is 0 Å². The van der Waals surface area contributed by atoms with Gasteiger partial charge in [0.25, 0.3) is 5.91 Å². The molecule has 2 heterocycles.